The van der Waals surface area contributed by atoms with Crippen molar-refractivity contribution in [2.24, 2.45) is 0 Å². The molecule has 4 aliphatic heterocycles. The number of aromatic amines is 1. The second-order valence-electron chi connectivity index (χ2n) is 21.5. The number of hydrogen-bond acceptors (Lipinski definition) is 13. The van der Waals surface area contributed by atoms with Crippen LogP contribution in [0.4, 0.5) is 5.69 Å². The van der Waals surface area contributed by atoms with Gasteiger partial charge in [-0.15, -0.1) is 0 Å². The van der Waals surface area contributed by atoms with Crippen LogP contribution in [0.15, 0.2) is 64.3 Å². The quantitative estimate of drug-likeness (QED) is 0.0362. The van der Waals surface area contributed by atoms with Crippen molar-refractivity contribution in [2.75, 3.05) is 44.7 Å². The Morgan fingerprint density at radius 1 is 0.923 bits per heavy atom. The smallest absolute Gasteiger partial charge is 0.456 e. The van der Waals surface area contributed by atoms with Crippen LogP contribution in [0.5, 0.6) is 11.5 Å². The lowest BCUT2D eigenvalue weighted by molar-refractivity contribution is -0.121. The molecule has 1 fully saturated rings. The van der Waals surface area contributed by atoms with Crippen LogP contribution in [0.25, 0.3) is 5.57 Å². The molecule has 4 aliphatic rings. The molecule has 25 heteroatoms. The predicted octanol–water partition coefficient (Wildman–Crippen LogP) is 5.84. The number of amides is 2. The summed E-state index contributed by atoms with van der Waals surface area (Å²) in [5, 5.41) is 4.79. The number of aromatic nitrogens is 2. The van der Waals surface area contributed by atoms with Crippen LogP contribution in [-0.4, -0.2) is 103 Å². The summed E-state index contributed by atoms with van der Waals surface area (Å²) >= 11 is 0. The largest absolute Gasteiger partial charge is 0.490 e. The lowest BCUT2D eigenvalue weighted by Gasteiger charge is -2.47. The molecule has 0 aliphatic carbocycles. The second-order valence-corrected chi connectivity index (χ2v) is 25.9. The third kappa shape index (κ3) is 12.7. The van der Waals surface area contributed by atoms with Crippen molar-refractivity contribution in [2.45, 2.75) is 129 Å². The summed E-state index contributed by atoms with van der Waals surface area (Å²) in [7, 11) is -15.0. The molecule has 22 nitrogen and oxygen atoms in total. The molecule has 1 aromatic heterocycles. The van der Waals surface area contributed by atoms with Gasteiger partial charge in [-0.2, -0.15) is 8.62 Å². The van der Waals surface area contributed by atoms with Gasteiger partial charge in [0.15, 0.2) is 5.54 Å². The fraction of sp³-hybridized carbons (Fsp3) is 0.491. The van der Waals surface area contributed by atoms with Crippen LogP contribution in [0.3, 0.4) is 0 Å². The second kappa shape index (κ2) is 22.6. The van der Waals surface area contributed by atoms with E-state index in [9.17, 15) is 42.7 Å². The first kappa shape index (κ1) is 58.6. The molecule has 6 N–H and O–H groups in total. The SMILES string of the molecule is CCN1c2cc3c(cc2C(C)CC1(C)C)C(c1ccccc1C(=O)N(C)CCCC(=O)NCC#Cc1cn([C@H]2CC[C@@H](COP(=O)(O)OP(=O)(O)OP(=O)(O)O)O2)c(=O)[nH]c1=O)=c1cc2c(cc1O3)=[N+](CC)C(C)(C)CC2C. The maximum absolute atomic E-state index is 14.7. The van der Waals surface area contributed by atoms with Crippen LogP contribution in [0, 0.1) is 11.8 Å². The number of anilines is 1. The number of nitrogens with zero attached hydrogens (tertiary/aromatic N) is 4. The van der Waals surface area contributed by atoms with Gasteiger partial charge in [-0.3, -0.25) is 28.5 Å². The van der Waals surface area contributed by atoms with E-state index in [1.165, 1.54) is 11.1 Å². The Morgan fingerprint density at radius 3 is 2.35 bits per heavy atom. The lowest BCUT2D eigenvalue weighted by Crippen LogP contribution is -2.52. The molecule has 5 heterocycles. The molecular weight excluding hydrogens is 1070 g/mol. The Morgan fingerprint density at radius 2 is 1.64 bits per heavy atom. The van der Waals surface area contributed by atoms with E-state index in [4.69, 9.17) is 19.3 Å². The first-order valence-corrected chi connectivity index (χ1v) is 30.4. The highest BCUT2D eigenvalue weighted by molar-refractivity contribution is 7.66. The normalized spacial score (nSPS) is 21.6. The monoisotopic (exact) mass is 1140 g/mol. The molecule has 0 saturated carbocycles. The van der Waals surface area contributed by atoms with Gasteiger partial charge in [0, 0.05) is 84.0 Å². The maximum atomic E-state index is 14.7. The molecular formula is C53H68N6O16P3+. The zero-order chi connectivity index (χ0) is 56.9. The molecule has 2 amide bonds. The van der Waals surface area contributed by atoms with E-state index >= 15 is 0 Å². The number of carbonyl (C=O) groups is 2. The van der Waals surface area contributed by atoms with E-state index in [0.717, 1.165) is 81.2 Å². The number of carbonyl (C=O) groups excluding carboxylic acids is 2. The summed E-state index contributed by atoms with van der Waals surface area (Å²) in [5.41, 5.74) is 4.88. The molecule has 3 aromatic carbocycles. The number of hydrogen-bond donors (Lipinski definition) is 6. The summed E-state index contributed by atoms with van der Waals surface area (Å²) < 4.78 is 62.9. The van der Waals surface area contributed by atoms with Crippen LogP contribution < -0.4 is 41.4 Å². The van der Waals surface area contributed by atoms with Gasteiger partial charge in [-0.25, -0.2) is 23.1 Å². The molecule has 1 saturated heterocycles. The van der Waals surface area contributed by atoms with Crippen molar-refractivity contribution in [1.29, 1.82) is 0 Å². The fourth-order valence-electron chi connectivity index (χ4n) is 11.7. The average Bonchev–Trinajstić information content (AvgIpc) is 3.48. The number of ether oxygens (including phenoxy) is 2. The number of rotatable bonds is 17. The Labute approximate surface area is 451 Å². The Hall–Kier alpha value is -5.52. The average molecular weight is 1140 g/mol. The number of fused-ring (bicyclic) bond motifs is 4. The third-order valence-electron chi connectivity index (χ3n) is 14.8. The molecule has 6 atom stereocenters. The van der Waals surface area contributed by atoms with Gasteiger partial charge in [-0.05, 0) is 108 Å². The van der Waals surface area contributed by atoms with Crippen molar-refractivity contribution in [3.63, 3.8) is 0 Å². The number of phosphoric acid groups is 3. The summed E-state index contributed by atoms with van der Waals surface area (Å²) in [4.78, 5) is 95.9. The van der Waals surface area contributed by atoms with Crippen molar-refractivity contribution in [3.8, 4) is 23.3 Å². The Bertz CT molecular complexity index is 3520. The number of nitrogens with one attached hydrogen (secondary N) is 2. The summed E-state index contributed by atoms with van der Waals surface area (Å²) in [6.45, 7) is 19.2. The third-order valence-corrected chi connectivity index (χ3v) is 18.6. The Kier molecular flexibility index (Phi) is 16.9. The van der Waals surface area contributed by atoms with Gasteiger partial charge in [0.1, 0.15) is 29.8 Å². The van der Waals surface area contributed by atoms with Crippen molar-refractivity contribution in [1.82, 2.24) is 24.3 Å². The van der Waals surface area contributed by atoms with Gasteiger partial charge in [0.25, 0.3) is 11.5 Å². The molecule has 4 unspecified atom stereocenters. The first-order valence-electron chi connectivity index (χ1n) is 25.9. The van der Waals surface area contributed by atoms with E-state index in [1.807, 2.05) is 24.3 Å². The van der Waals surface area contributed by atoms with E-state index < -0.39 is 53.7 Å². The van der Waals surface area contributed by atoms with E-state index in [-0.39, 0.29) is 72.6 Å². The maximum Gasteiger partial charge on any atom is 0.490 e. The minimum absolute atomic E-state index is 0.0593. The molecule has 0 radical (unpaired) electrons. The zero-order valence-corrected chi connectivity index (χ0v) is 47.8. The van der Waals surface area contributed by atoms with Gasteiger partial charge in [0.2, 0.25) is 11.3 Å². The van der Waals surface area contributed by atoms with E-state index in [1.54, 1.807) is 11.9 Å². The van der Waals surface area contributed by atoms with Crippen molar-refractivity contribution in [3.05, 3.63) is 120 Å². The highest BCUT2D eigenvalue weighted by Crippen LogP contribution is 2.66. The highest BCUT2D eigenvalue weighted by Gasteiger charge is 2.43. The minimum atomic E-state index is -5.72. The zero-order valence-electron chi connectivity index (χ0n) is 45.1. The summed E-state index contributed by atoms with van der Waals surface area (Å²) in [6, 6.07) is 16.6. The van der Waals surface area contributed by atoms with Gasteiger partial charge in [0.05, 0.1) is 25.3 Å². The topological polar surface area (TPSA) is 289 Å². The molecule has 0 spiro atoms. The fourth-order valence-corrected chi connectivity index (χ4v) is 14.7. The van der Waals surface area contributed by atoms with Gasteiger partial charge >= 0.3 is 29.2 Å². The summed E-state index contributed by atoms with van der Waals surface area (Å²) in [6.07, 6.45) is 1.78. The van der Waals surface area contributed by atoms with Crippen LogP contribution in [-0.2, 0) is 36.4 Å². The number of H-pyrrole nitrogens is 1. The Balaban J connectivity index is 0.949. The van der Waals surface area contributed by atoms with Gasteiger partial charge < -0.3 is 44.2 Å². The van der Waals surface area contributed by atoms with E-state index in [0.29, 0.717) is 12.0 Å². The number of phosphoric ester groups is 1. The van der Waals surface area contributed by atoms with Crippen molar-refractivity contribution < 1.29 is 65.5 Å². The van der Waals surface area contributed by atoms with Crippen LogP contribution in [0.1, 0.15) is 150 Å². The first-order chi connectivity index (χ1) is 36.5. The van der Waals surface area contributed by atoms with Crippen molar-refractivity contribution >= 4 is 46.5 Å². The molecule has 8 rings (SSSR count). The molecule has 4 aromatic rings. The molecule has 0 bridgehead atoms. The molecule has 78 heavy (non-hydrogen) atoms. The summed E-state index contributed by atoms with van der Waals surface area (Å²) in [5.74, 6) is 6.81. The predicted molar refractivity (Wildman–Crippen MR) is 290 cm³/mol. The minimum Gasteiger partial charge on any atom is -0.456 e. The standard InChI is InChI=1S/C53H67N6O16P3/c1-10-58-42-26-44-40(24-38(42)32(3)28-52(58,5)6)48(41-25-39-33(4)29-53(7,8)59(11-2)43(39)27-45(41)73-44)36-17-12-13-18-37(36)50(62)56(9)23-15-19-46(60)54-22-14-16-34-30-57(51(63)55-49(34)61)47-21-20-35(72-47)31-71-77(67,68)75-78(69,70)74-76(64,65)66/h12-13,17-18,24-27,30,32-33,35,47H,10-11,15,19-23,28-29,31H2,1-9H3,(H5-,54,55,60,61,63,64,65,66,67,68,69,70)/p+1/t32?,33?,35-,47+/m0/s1. The van der Waals surface area contributed by atoms with Crippen LogP contribution in [0.2, 0.25) is 0 Å². The van der Waals surface area contributed by atoms with E-state index in [2.05, 4.69) is 124 Å². The number of benzene rings is 3. The lowest BCUT2D eigenvalue weighted by atomic mass is 9.77. The molecule has 420 valence electrons. The van der Waals surface area contributed by atoms with Crippen LogP contribution >= 0.6 is 23.5 Å². The highest BCUT2D eigenvalue weighted by atomic mass is 31.3. The van der Waals surface area contributed by atoms with Gasteiger partial charge in [-0.1, -0.05) is 43.9 Å².